The third-order valence-electron chi connectivity index (χ3n) is 4.15. The standard InChI is InChI=1S/C22H24N4O2/c1-5-28-18-10-8-17(9-11-18)25-21-13-20(23-16(4)24-21)22(27)26-19-12-14(2)6-7-15(19)3/h6-13H,5H2,1-4H3,(H,26,27)(H,23,24,25). The number of aromatic nitrogens is 2. The highest BCUT2D eigenvalue weighted by atomic mass is 16.5. The molecule has 0 radical (unpaired) electrons. The van der Waals surface area contributed by atoms with Crippen molar-refractivity contribution in [1.29, 1.82) is 0 Å². The second-order valence-electron chi connectivity index (χ2n) is 6.54. The van der Waals surface area contributed by atoms with E-state index in [1.807, 2.05) is 63.2 Å². The zero-order chi connectivity index (χ0) is 20.1. The van der Waals surface area contributed by atoms with Crippen LogP contribution in [0.25, 0.3) is 0 Å². The fourth-order valence-electron chi connectivity index (χ4n) is 2.75. The third kappa shape index (κ3) is 4.85. The number of hydrogen-bond donors (Lipinski definition) is 2. The van der Waals surface area contributed by atoms with Gasteiger partial charge in [0.05, 0.1) is 6.61 Å². The van der Waals surface area contributed by atoms with E-state index in [-0.39, 0.29) is 5.91 Å². The molecular formula is C22H24N4O2. The van der Waals surface area contributed by atoms with Gasteiger partial charge in [-0.05, 0) is 69.2 Å². The molecule has 1 heterocycles. The number of nitrogens with zero attached hydrogens (tertiary/aromatic N) is 2. The normalized spacial score (nSPS) is 10.4. The molecule has 2 aromatic carbocycles. The maximum absolute atomic E-state index is 12.7. The second-order valence-corrected chi connectivity index (χ2v) is 6.54. The minimum Gasteiger partial charge on any atom is -0.494 e. The highest BCUT2D eigenvalue weighted by Gasteiger charge is 2.12. The highest BCUT2D eigenvalue weighted by molar-refractivity contribution is 6.03. The number of ether oxygens (including phenoxy) is 1. The summed E-state index contributed by atoms with van der Waals surface area (Å²) < 4.78 is 5.45. The number of nitrogens with one attached hydrogen (secondary N) is 2. The number of aryl methyl sites for hydroxylation is 3. The summed E-state index contributed by atoms with van der Waals surface area (Å²) in [5.74, 6) is 1.61. The van der Waals surface area contributed by atoms with Crippen LogP contribution in [0.15, 0.2) is 48.5 Å². The van der Waals surface area contributed by atoms with Crippen molar-refractivity contribution < 1.29 is 9.53 Å². The molecule has 0 bridgehead atoms. The Hall–Kier alpha value is -3.41. The number of anilines is 3. The molecule has 3 rings (SSSR count). The van der Waals surface area contributed by atoms with E-state index < -0.39 is 0 Å². The van der Waals surface area contributed by atoms with Crippen molar-refractivity contribution in [3.63, 3.8) is 0 Å². The minimum absolute atomic E-state index is 0.269. The SMILES string of the molecule is CCOc1ccc(Nc2cc(C(=O)Nc3cc(C)ccc3C)nc(C)n2)cc1. The molecule has 28 heavy (non-hydrogen) atoms. The van der Waals surface area contributed by atoms with Crippen molar-refractivity contribution >= 4 is 23.1 Å². The van der Waals surface area contributed by atoms with Gasteiger partial charge >= 0.3 is 0 Å². The third-order valence-corrected chi connectivity index (χ3v) is 4.15. The van der Waals surface area contributed by atoms with Gasteiger partial charge in [-0.2, -0.15) is 0 Å². The smallest absolute Gasteiger partial charge is 0.274 e. The average molecular weight is 376 g/mol. The maximum Gasteiger partial charge on any atom is 0.274 e. The molecule has 144 valence electrons. The molecule has 0 saturated heterocycles. The van der Waals surface area contributed by atoms with Crippen molar-refractivity contribution in [3.8, 4) is 5.75 Å². The summed E-state index contributed by atoms with van der Waals surface area (Å²) in [6.45, 7) is 8.28. The molecule has 6 nitrogen and oxygen atoms in total. The Morgan fingerprint density at radius 2 is 1.75 bits per heavy atom. The van der Waals surface area contributed by atoms with Crippen LogP contribution in [-0.2, 0) is 0 Å². The Labute approximate surface area is 165 Å². The Kier molecular flexibility index (Phi) is 5.89. The van der Waals surface area contributed by atoms with Crippen LogP contribution in [0.5, 0.6) is 5.75 Å². The largest absolute Gasteiger partial charge is 0.494 e. The summed E-state index contributed by atoms with van der Waals surface area (Å²) in [7, 11) is 0. The van der Waals surface area contributed by atoms with Gasteiger partial charge in [0.15, 0.2) is 0 Å². The topological polar surface area (TPSA) is 76.1 Å². The number of hydrogen-bond acceptors (Lipinski definition) is 5. The van der Waals surface area contributed by atoms with Gasteiger partial charge < -0.3 is 15.4 Å². The van der Waals surface area contributed by atoms with E-state index in [0.717, 1.165) is 28.3 Å². The summed E-state index contributed by atoms with van der Waals surface area (Å²) in [5, 5.41) is 6.14. The molecule has 0 atom stereocenters. The van der Waals surface area contributed by atoms with Gasteiger partial charge in [0.2, 0.25) is 0 Å². The first-order valence-electron chi connectivity index (χ1n) is 9.19. The minimum atomic E-state index is -0.269. The first-order chi connectivity index (χ1) is 13.4. The average Bonchev–Trinajstić information content (AvgIpc) is 2.66. The Morgan fingerprint density at radius 1 is 1.00 bits per heavy atom. The predicted molar refractivity (Wildman–Crippen MR) is 112 cm³/mol. The lowest BCUT2D eigenvalue weighted by molar-refractivity contribution is 0.102. The van der Waals surface area contributed by atoms with Gasteiger partial charge in [0.25, 0.3) is 5.91 Å². The summed E-state index contributed by atoms with van der Waals surface area (Å²) in [6, 6.07) is 15.1. The van der Waals surface area contributed by atoms with Crippen LogP contribution in [0.4, 0.5) is 17.2 Å². The first kappa shape index (κ1) is 19.4. The van der Waals surface area contributed by atoms with Crippen molar-refractivity contribution in [1.82, 2.24) is 9.97 Å². The van der Waals surface area contributed by atoms with Crippen LogP contribution in [0.2, 0.25) is 0 Å². The Morgan fingerprint density at radius 3 is 2.46 bits per heavy atom. The molecule has 0 aliphatic carbocycles. The van der Waals surface area contributed by atoms with Gasteiger partial charge in [-0.15, -0.1) is 0 Å². The van der Waals surface area contributed by atoms with Gasteiger partial charge in [0.1, 0.15) is 23.1 Å². The molecule has 0 unspecified atom stereocenters. The van der Waals surface area contributed by atoms with E-state index >= 15 is 0 Å². The van der Waals surface area contributed by atoms with Crippen LogP contribution in [-0.4, -0.2) is 22.5 Å². The molecule has 6 heteroatoms. The van der Waals surface area contributed by atoms with Gasteiger partial charge in [-0.1, -0.05) is 12.1 Å². The monoisotopic (exact) mass is 376 g/mol. The van der Waals surface area contributed by atoms with E-state index in [1.165, 1.54) is 0 Å². The fourth-order valence-corrected chi connectivity index (χ4v) is 2.75. The number of amides is 1. The van der Waals surface area contributed by atoms with Crippen molar-refractivity contribution in [2.45, 2.75) is 27.7 Å². The lowest BCUT2D eigenvalue weighted by atomic mass is 10.1. The molecule has 0 fully saturated rings. The summed E-state index contributed by atoms with van der Waals surface area (Å²) in [5.41, 5.74) is 4.02. The Balaban J connectivity index is 1.78. The molecule has 0 aliphatic heterocycles. The van der Waals surface area contributed by atoms with Crippen LogP contribution in [0.3, 0.4) is 0 Å². The first-order valence-corrected chi connectivity index (χ1v) is 9.19. The number of rotatable bonds is 6. The highest BCUT2D eigenvalue weighted by Crippen LogP contribution is 2.21. The second kappa shape index (κ2) is 8.52. The molecular weight excluding hydrogens is 352 g/mol. The number of carbonyl (C=O) groups excluding carboxylic acids is 1. The summed E-state index contributed by atoms with van der Waals surface area (Å²) in [6.07, 6.45) is 0. The maximum atomic E-state index is 12.7. The number of benzene rings is 2. The lowest BCUT2D eigenvalue weighted by Crippen LogP contribution is -2.16. The van der Waals surface area contributed by atoms with E-state index in [1.54, 1.807) is 13.0 Å². The molecule has 0 aliphatic rings. The van der Waals surface area contributed by atoms with E-state index in [0.29, 0.717) is 23.9 Å². The van der Waals surface area contributed by atoms with Gasteiger partial charge in [-0.25, -0.2) is 9.97 Å². The molecule has 1 amide bonds. The Bertz CT molecular complexity index is 984. The lowest BCUT2D eigenvalue weighted by Gasteiger charge is -2.11. The molecule has 3 aromatic rings. The van der Waals surface area contributed by atoms with Crippen molar-refractivity contribution in [2.75, 3.05) is 17.2 Å². The molecule has 0 saturated carbocycles. The molecule has 2 N–H and O–H groups in total. The van der Waals surface area contributed by atoms with Crippen molar-refractivity contribution in [3.05, 3.63) is 71.2 Å². The van der Waals surface area contributed by atoms with Gasteiger partial charge in [-0.3, -0.25) is 4.79 Å². The van der Waals surface area contributed by atoms with Crippen LogP contribution in [0.1, 0.15) is 34.4 Å². The molecule has 1 aromatic heterocycles. The van der Waals surface area contributed by atoms with Gasteiger partial charge in [0, 0.05) is 17.4 Å². The van der Waals surface area contributed by atoms with E-state index in [9.17, 15) is 4.79 Å². The van der Waals surface area contributed by atoms with Crippen LogP contribution >= 0.6 is 0 Å². The van der Waals surface area contributed by atoms with E-state index in [2.05, 4.69) is 20.6 Å². The van der Waals surface area contributed by atoms with E-state index in [4.69, 9.17) is 4.74 Å². The van der Waals surface area contributed by atoms with Crippen LogP contribution < -0.4 is 15.4 Å². The number of carbonyl (C=O) groups is 1. The zero-order valence-corrected chi connectivity index (χ0v) is 16.5. The summed E-state index contributed by atoms with van der Waals surface area (Å²) >= 11 is 0. The molecule has 0 spiro atoms. The van der Waals surface area contributed by atoms with Crippen LogP contribution in [0, 0.1) is 20.8 Å². The zero-order valence-electron chi connectivity index (χ0n) is 16.5. The predicted octanol–water partition coefficient (Wildman–Crippen LogP) is 4.80. The summed E-state index contributed by atoms with van der Waals surface area (Å²) in [4.78, 5) is 21.4. The van der Waals surface area contributed by atoms with Crippen molar-refractivity contribution in [2.24, 2.45) is 0 Å². The quantitative estimate of drug-likeness (QED) is 0.646. The fraction of sp³-hybridized carbons (Fsp3) is 0.227.